The third-order valence-electron chi connectivity index (χ3n) is 3.39. The number of aliphatic hydroxyl groups is 4. The van der Waals surface area contributed by atoms with Crippen molar-refractivity contribution in [3.63, 3.8) is 0 Å². The van der Waals surface area contributed by atoms with E-state index >= 15 is 0 Å². The van der Waals surface area contributed by atoms with E-state index in [4.69, 9.17) is 19.7 Å². The van der Waals surface area contributed by atoms with Crippen molar-refractivity contribution in [2.45, 2.75) is 30.7 Å². The van der Waals surface area contributed by atoms with Gasteiger partial charge in [0.2, 0.25) is 12.0 Å². The average molecular weight is 332 g/mol. The molecular weight excluding hydrogens is 316 g/mol. The number of aliphatic hydroxyl groups excluding tert-OH is 4. The molecule has 5 atom stereocenters. The molecule has 23 heavy (non-hydrogen) atoms. The summed E-state index contributed by atoms with van der Waals surface area (Å²) in [6, 6.07) is 1.66. The van der Waals surface area contributed by atoms with Crippen LogP contribution in [0.5, 0.6) is 17.2 Å². The zero-order valence-electron chi connectivity index (χ0n) is 11.6. The number of aromatic hydroxyl groups is 2. The van der Waals surface area contributed by atoms with Crippen LogP contribution >= 0.6 is 0 Å². The van der Waals surface area contributed by atoms with Gasteiger partial charge in [-0.25, -0.2) is 4.79 Å². The molecular formula is C13H16O10. The third kappa shape index (κ3) is 3.30. The third-order valence-corrected chi connectivity index (χ3v) is 3.39. The second-order valence-corrected chi connectivity index (χ2v) is 4.96. The summed E-state index contributed by atoms with van der Waals surface area (Å²) >= 11 is 0. The normalized spacial score (nSPS) is 30.9. The molecule has 128 valence electrons. The van der Waals surface area contributed by atoms with Gasteiger partial charge in [0.05, 0.1) is 12.2 Å². The van der Waals surface area contributed by atoms with Gasteiger partial charge in [0.15, 0.2) is 11.5 Å². The van der Waals surface area contributed by atoms with Crippen LogP contribution in [-0.4, -0.2) is 79.0 Å². The first-order valence-corrected chi connectivity index (χ1v) is 6.52. The molecule has 1 saturated heterocycles. The number of carboxylic acid groups (broad SMARTS) is 1. The summed E-state index contributed by atoms with van der Waals surface area (Å²) in [6.07, 6.45) is -7.91. The Balaban J connectivity index is 2.29. The molecule has 1 fully saturated rings. The molecule has 1 aliphatic rings. The van der Waals surface area contributed by atoms with Crippen LogP contribution in [0.1, 0.15) is 10.4 Å². The highest BCUT2D eigenvalue weighted by atomic mass is 16.7. The van der Waals surface area contributed by atoms with E-state index in [2.05, 4.69) is 0 Å². The number of phenolic OH excluding ortho intramolecular Hbond substituents is 2. The van der Waals surface area contributed by atoms with E-state index in [1.807, 2.05) is 0 Å². The van der Waals surface area contributed by atoms with E-state index < -0.39 is 66.1 Å². The van der Waals surface area contributed by atoms with Gasteiger partial charge in [0.25, 0.3) is 0 Å². The van der Waals surface area contributed by atoms with Crippen LogP contribution in [0.2, 0.25) is 0 Å². The van der Waals surface area contributed by atoms with Crippen LogP contribution in [-0.2, 0) is 4.74 Å². The fourth-order valence-electron chi connectivity index (χ4n) is 2.10. The van der Waals surface area contributed by atoms with Gasteiger partial charge in [-0.3, -0.25) is 0 Å². The predicted molar refractivity (Wildman–Crippen MR) is 71.1 cm³/mol. The van der Waals surface area contributed by atoms with Gasteiger partial charge in [-0.15, -0.1) is 0 Å². The molecule has 7 N–H and O–H groups in total. The molecule has 0 bridgehead atoms. The Morgan fingerprint density at radius 1 is 1.13 bits per heavy atom. The molecule has 1 aliphatic heterocycles. The Morgan fingerprint density at radius 3 is 2.35 bits per heavy atom. The monoisotopic (exact) mass is 332 g/mol. The first-order chi connectivity index (χ1) is 10.8. The van der Waals surface area contributed by atoms with Crippen molar-refractivity contribution in [2.75, 3.05) is 6.61 Å². The van der Waals surface area contributed by atoms with Gasteiger partial charge in [-0.1, -0.05) is 0 Å². The molecule has 10 nitrogen and oxygen atoms in total. The largest absolute Gasteiger partial charge is 0.504 e. The Labute approximate surface area is 129 Å². The van der Waals surface area contributed by atoms with Crippen molar-refractivity contribution >= 4 is 5.97 Å². The summed E-state index contributed by atoms with van der Waals surface area (Å²) in [6.45, 7) is -0.683. The van der Waals surface area contributed by atoms with E-state index in [0.29, 0.717) is 0 Å². The molecule has 0 aliphatic carbocycles. The van der Waals surface area contributed by atoms with Crippen molar-refractivity contribution in [1.29, 1.82) is 0 Å². The summed E-state index contributed by atoms with van der Waals surface area (Å²) in [5, 5.41) is 66.3. The van der Waals surface area contributed by atoms with Gasteiger partial charge in [-0.2, -0.15) is 0 Å². The van der Waals surface area contributed by atoms with Crippen LogP contribution in [0.15, 0.2) is 12.1 Å². The topological polar surface area (TPSA) is 177 Å². The van der Waals surface area contributed by atoms with Crippen molar-refractivity contribution in [2.24, 2.45) is 0 Å². The summed E-state index contributed by atoms with van der Waals surface area (Å²) in [5.74, 6) is -3.50. The number of rotatable bonds is 4. The summed E-state index contributed by atoms with van der Waals surface area (Å²) in [5.41, 5.74) is -0.403. The van der Waals surface area contributed by atoms with Crippen LogP contribution in [0, 0.1) is 0 Å². The Kier molecular flexibility index (Phi) is 4.92. The number of phenols is 2. The van der Waals surface area contributed by atoms with Gasteiger partial charge < -0.3 is 45.2 Å². The molecule has 10 heteroatoms. The minimum Gasteiger partial charge on any atom is -0.504 e. The molecule has 1 aromatic rings. The lowest BCUT2D eigenvalue weighted by Gasteiger charge is -2.39. The zero-order valence-corrected chi connectivity index (χ0v) is 11.6. The number of carbonyl (C=O) groups is 1. The van der Waals surface area contributed by atoms with E-state index in [1.54, 1.807) is 0 Å². The Hall–Kier alpha value is -2.11. The van der Waals surface area contributed by atoms with Crippen molar-refractivity contribution in [1.82, 2.24) is 0 Å². The lowest BCUT2D eigenvalue weighted by Crippen LogP contribution is -2.60. The molecule has 1 aromatic carbocycles. The molecule has 0 spiro atoms. The van der Waals surface area contributed by atoms with Crippen molar-refractivity contribution in [3.8, 4) is 17.2 Å². The Bertz CT molecular complexity index is 586. The highest BCUT2D eigenvalue weighted by molar-refractivity contribution is 5.89. The smallest absolute Gasteiger partial charge is 0.335 e. The lowest BCUT2D eigenvalue weighted by molar-refractivity contribution is -0.277. The van der Waals surface area contributed by atoms with Gasteiger partial charge >= 0.3 is 5.97 Å². The Morgan fingerprint density at radius 2 is 1.78 bits per heavy atom. The van der Waals surface area contributed by atoms with Gasteiger partial charge in [0.1, 0.15) is 24.4 Å². The molecule has 0 radical (unpaired) electrons. The molecule has 0 saturated carbocycles. The molecule has 0 amide bonds. The molecule has 0 aromatic heterocycles. The summed E-state index contributed by atoms with van der Waals surface area (Å²) in [4.78, 5) is 10.9. The number of benzene rings is 1. The van der Waals surface area contributed by atoms with E-state index in [-0.39, 0.29) is 0 Å². The standard InChI is InChI=1S/C13H16O10/c14-3-7-9(17)10(18)11(19)13(23-7)22-6-2-4(12(20)21)1-5(15)8(6)16/h1-2,7,9-11,13-19H,3H2,(H,20,21)/t7-,9-,10+,11-,13?/m1/s1. The fraction of sp³-hybridized carbons (Fsp3) is 0.462. The second kappa shape index (κ2) is 6.56. The zero-order chi connectivity index (χ0) is 17.3. The molecule has 2 rings (SSSR count). The van der Waals surface area contributed by atoms with E-state index in [9.17, 15) is 30.3 Å². The summed E-state index contributed by atoms with van der Waals surface area (Å²) in [7, 11) is 0. The summed E-state index contributed by atoms with van der Waals surface area (Å²) < 4.78 is 10.2. The maximum absolute atomic E-state index is 10.9. The molecule has 1 heterocycles. The maximum atomic E-state index is 10.9. The van der Waals surface area contributed by atoms with Crippen LogP contribution < -0.4 is 4.74 Å². The van der Waals surface area contributed by atoms with Gasteiger partial charge in [0, 0.05) is 0 Å². The number of hydrogen-bond donors (Lipinski definition) is 7. The first kappa shape index (κ1) is 17.2. The SMILES string of the molecule is O=C(O)c1cc(O)c(O)c(OC2O[C@H](CO)[C@@H](O)[C@H](O)[C@H]2O)c1. The van der Waals surface area contributed by atoms with E-state index in [1.165, 1.54) is 0 Å². The second-order valence-electron chi connectivity index (χ2n) is 4.96. The quantitative estimate of drug-likeness (QED) is 0.304. The molecule has 1 unspecified atom stereocenters. The maximum Gasteiger partial charge on any atom is 0.335 e. The highest BCUT2D eigenvalue weighted by Crippen LogP contribution is 2.38. The van der Waals surface area contributed by atoms with E-state index in [0.717, 1.165) is 12.1 Å². The van der Waals surface area contributed by atoms with Crippen LogP contribution in [0.25, 0.3) is 0 Å². The van der Waals surface area contributed by atoms with Crippen LogP contribution in [0.4, 0.5) is 0 Å². The minimum atomic E-state index is -1.75. The minimum absolute atomic E-state index is 0.403. The number of aromatic carboxylic acids is 1. The number of carboxylic acids is 1. The predicted octanol–water partition coefficient (Wildman–Crippen LogP) is -2.03. The first-order valence-electron chi connectivity index (χ1n) is 6.52. The van der Waals surface area contributed by atoms with Crippen molar-refractivity contribution < 1.29 is 50.0 Å². The van der Waals surface area contributed by atoms with Crippen molar-refractivity contribution in [3.05, 3.63) is 17.7 Å². The average Bonchev–Trinajstić information content (AvgIpc) is 2.51. The van der Waals surface area contributed by atoms with Crippen LogP contribution in [0.3, 0.4) is 0 Å². The highest BCUT2D eigenvalue weighted by Gasteiger charge is 2.45. The number of hydrogen-bond acceptors (Lipinski definition) is 9. The fourth-order valence-corrected chi connectivity index (χ4v) is 2.10. The lowest BCUT2D eigenvalue weighted by atomic mass is 9.99. The van der Waals surface area contributed by atoms with Gasteiger partial charge in [-0.05, 0) is 12.1 Å². The number of ether oxygens (including phenoxy) is 2.